The number of aromatic nitrogens is 2. The summed E-state index contributed by atoms with van der Waals surface area (Å²) in [5, 5.41) is 4.18. The van der Waals surface area contributed by atoms with Gasteiger partial charge in [-0.15, -0.1) is 11.3 Å². The molecule has 2 aromatic rings. The first kappa shape index (κ1) is 15.2. The fourth-order valence-corrected chi connectivity index (χ4v) is 3.92. The Morgan fingerprint density at radius 1 is 1.36 bits per heavy atom. The van der Waals surface area contributed by atoms with E-state index in [0.717, 1.165) is 28.9 Å². The van der Waals surface area contributed by atoms with Gasteiger partial charge in [0.25, 0.3) is 0 Å². The monoisotopic (exact) mass is 318 g/mol. The van der Waals surface area contributed by atoms with Gasteiger partial charge in [-0.3, -0.25) is 4.79 Å². The topological polar surface area (TPSA) is 58.1 Å². The van der Waals surface area contributed by atoms with E-state index in [2.05, 4.69) is 28.3 Å². The van der Waals surface area contributed by atoms with Crippen LogP contribution in [0, 0.1) is 6.92 Å². The zero-order chi connectivity index (χ0) is 15.5. The number of carbonyl (C=O) groups is 1. The summed E-state index contributed by atoms with van der Waals surface area (Å²) in [6.07, 6.45) is 7.57. The van der Waals surface area contributed by atoms with Crippen LogP contribution in [0.25, 0.3) is 10.2 Å². The molecule has 0 aromatic carbocycles. The molecule has 0 bridgehead atoms. The van der Waals surface area contributed by atoms with E-state index in [1.807, 2.05) is 11.9 Å². The highest BCUT2D eigenvalue weighted by atomic mass is 32.1. The lowest BCUT2D eigenvalue weighted by Gasteiger charge is -2.31. The molecule has 1 fully saturated rings. The number of thiophene rings is 1. The second-order valence-corrected chi connectivity index (χ2v) is 7.18. The Balaban J connectivity index is 1.64. The molecule has 1 aliphatic rings. The van der Waals surface area contributed by atoms with Crippen LogP contribution in [0.1, 0.15) is 37.0 Å². The molecule has 0 unspecified atom stereocenters. The minimum atomic E-state index is 0.130. The molecule has 2 aromatic heterocycles. The third-order valence-corrected chi connectivity index (χ3v) is 5.33. The summed E-state index contributed by atoms with van der Waals surface area (Å²) in [4.78, 5) is 25.0. The third-order valence-electron chi connectivity index (χ3n) is 4.38. The van der Waals surface area contributed by atoms with E-state index in [-0.39, 0.29) is 12.5 Å². The highest BCUT2D eigenvalue weighted by Gasteiger charge is 2.22. The molecule has 3 rings (SSSR count). The standard InChI is InChI=1S/C16H22N4OS/c1-11-8-13-15(18-10-19-16(13)22-11)17-9-14(21)20(2)12-6-4-3-5-7-12/h8,10,12H,3-7,9H2,1-2H3,(H,17,18,19). The van der Waals surface area contributed by atoms with Crippen molar-refractivity contribution < 1.29 is 4.79 Å². The molecule has 22 heavy (non-hydrogen) atoms. The van der Waals surface area contributed by atoms with Crippen molar-refractivity contribution in [1.29, 1.82) is 0 Å². The maximum atomic E-state index is 12.4. The number of hydrogen-bond donors (Lipinski definition) is 1. The summed E-state index contributed by atoms with van der Waals surface area (Å²) < 4.78 is 0. The molecule has 118 valence electrons. The number of hydrogen-bond acceptors (Lipinski definition) is 5. The molecule has 0 radical (unpaired) electrons. The predicted molar refractivity (Wildman–Crippen MR) is 90.3 cm³/mol. The van der Waals surface area contributed by atoms with Crippen LogP contribution in [0.4, 0.5) is 5.82 Å². The second kappa shape index (κ2) is 6.60. The first-order valence-electron chi connectivity index (χ1n) is 7.86. The fourth-order valence-electron chi connectivity index (χ4n) is 3.07. The van der Waals surface area contributed by atoms with Gasteiger partial charge >= 0.3 is 0 Å². The number of aryl methyl sites for hydroxylation is 1. The Labute approximate surface area is 134 Å². The van der Waals surface area contributed by atoms with E-state index in [1.165, 1.54) is 24.1 Å². The number of rotatable bonds is 4. The molecule has 0 saturated heterocycles. The Hall–Kier alpha value is -1.69. The minimum absolute atomic E-state index is 0.130. The van der Waals surface area contributed by atoms with Crippen molar-refractivity contribution in [3.8, 4) is 0 Å². The van der Waals surface area contributed by atoms with E-state index in [1.54, 1.807) is 17.7 Å². The van der Waals surface area contributed by atoms with Gasteiger partial charge in [-0.25, -0.2) is 9.97 Å². The van der Waals surface area contributed by atoms with E-state index in [9.17, 15) is 4.79 Å². The number of carbonyl (C=O) groups excluding carboxylic acids is 1. The zero-order valence-corrected chi connectivity index (χ0v) is 13.9. The average molecular weight is 318 g/mol. The van der Waals surface area contributed by atoms with E-state index in [4.69, 9.17) is 0 Å². The van der Waals surface area contributed by atoms with Crippen LogP contribution in [0.3, 0.4) is 0 Å². The molecule has 1 N–H and O–H groups in total. The van der Waals surface area contributed by atoms with Gasteiger partial charge in [-0.1, -0.05) is 19.3 Å². The molecular formula is C16H22N4OS. The van der Waals surface area contributed by atoms with Crippen molar-refractivity contribution >= 4 is 33.3 Å². The van der Waals surface area contributed by atoms with Gasteiger partial charge in [0.1, 0.15) is 17.0 Å². The van der Waals surface area contributed by atoms with Crippen LogP contribution >= 0.6 is 11.3 Å². The zero-order valence-electron chi connectivity index (χ0n) is 13.1. The smallest absolute Gasteiger partial charge is 0.241 e. The van der Waals surface area contributed by atoms with Gasteiger partial charge in [-0.2, -0.15) is 0 Å². The van der Waals surface area contributed by atoms with E-state index >= 15 is 0 Å². The average Bonchev–Trinajstić information content (AvgIpc) is 2.93. The lowest BCUT2D eigenvalue weighted by atomic mass is 9.94. The number of nitrogens with zero attached hydrogens (tertiary/aromatic N) is 3. The molecule has 6 heteroatoms. The first-order chi connectivity index (χ1) is 10.6. The normalized spacial score (nSPS) is 15.9. The number of nitrogens with one attached hydrogen (secondary N) is 1. The van der Waals surface area contributed by atoms with Gasteiger partial charge in [0.05, 0.1) is 11.9 Å². The summed E-state index contributed by atoms with van der Waals surface area (Å²) in [6.45, 7) is 2.34. The number of likely N-dealkylation sites (N-methyl/N-ethyl adjacent to an activating group) is 1. The van der Waals surface area contributed by atoms with Gasteiger partial charge in [0.15, 0.2) is 0 Å². The fraction of sp³-hybridized carbons (Fsp3) is 0.562. The summed E-state index contributed by atoms with van der Waals surface area (Å²) in [5.74, 6) is 0.880. The Bertz CT molecular complexity index is 663. The molecule has 1 amide bonds. The Morgan fingerprint density at radius 2 is 2.14 bits per heavy atom. The summed E-state index contributed by atoms with van der Waals surface area (Å²) in [7, 11) is 1.92. The Morgan fingerprint density at radius 3 is 2.91 bits per heavy atom. The SMILES string of the molecule is Cc1cc2c(NCC(=O)N(C)C3CCCCC3)ncnc2s1. The molecule has 0 aliphatic heterocycles. The highest BCUT2D eigenvalue weighted by molar-refractivity contribution is 7.18. The molecule has 1 aliphatic carbocycles. The van der Waals surface area contributed by atoms with Crippen molar-refractivity contribution in [3.63, 3.8) is 0 Å². The van der Waals surface area contributed by atoms with Crippen molar-refractivity contribution in [2.75, 3.05) is 18.9 Å². The van der Waals surface area contributed by atoms with Crippen LogP contribution in [-0.2, 0) is 4.79 Å². The molecule has 2 heterocycles. The predicted octanol–water partition coefficient (Wildman–Crippen LogP) is 3.20. The van der Waals surface area contributed by atoms with Crippen LogP contribution < -0.4 is 5.32 Å². The van der Waals surface area contributed by atoms with Crippen LogP contribution in [0.2, 0.25) is 0 Å². The van der Waals surface area contributed by atoms with Gasteiger partial charge in [-0.05, 0) is 25.8 Å². The largest absolute Gasteiger partial charge is 0.360 e. The van der Waals surface area contributed by atoms with Crippen molar-refractivity contribution in [2.24, 2.45) is 0 Å². The Kier molecular flexibility index (Phi) is 4.57. The summed E-state index contributed by atoms with van der Waals surface area (Å²) >= 11 is 1.64. The van der Waals surface area contributed by atoms with Crippen LogP contribution in [0.15, 0.2) is 12.4 Å². The quantitative estimate of drug-likeness (QED) is 0.940. The summed E-state index contributed by atoms with van der Waals surface area (Å²) in [5.41, 5.74) is 0. The maximum absolute atomic E-state index is 12.4. The van der Waals surface area contributed by atoms with E-state index in [0.29, 0.717) is 6.04 Å². The number of amides is 1. The lowest BCUT2D eigenvalue weighted by molar-refractivity contribution is -0.130. The van der Waals surface area contributed by atoms with Gasteiger partial charge in [0, 0.05) is 18.0 Å². The van der Waals surface area contributed by atoms with E-state index < -0.39 is 0 Å². The minimum Gasteiger partial charge on any atom is -0.360 e. The number of anilines is 1. The molecule has 1 saturated carbocycles. The maximum Gasteiger partial charge on any atom is 0.241 e. The van der Waals surface area contributed by atoms with Crippen molar-refractivity contribution in [2.45, 2.75) is 45.1 Å². The molecule has 5 nitrogen and oxygen atoms in total. The van der Waals surface area contributed by atoms with Gasteiger partial charge < -0.3 is 10.2 Å². The number of fused-ring (bicyclic) bond motifs is 1. The van der Waals surface area contributed by atoms with Crippen molar-refractivity contribution in [3.05, 3.63) is 17.3 Å². The van der Waals surface area contributed by atoms with Crippen molar-refractivity contribution in [1.82, 2.24) is 14.9 Å². The van der Waals surface area contributed by atoms with Gasteiger partial charge in [0.2, 0.25) is 5.91 Å². The molecule has 0 atom stereocenters. The highest BCUT2D eigenvalue weighted by Crippen LogP contribution is 2.27. The molecule has 0 spiro atoms. The lowest BCUT2D eigenvalue weighted by Crippen LogP contribution is -2.41. The second-order valence-electron chi connectivity index (χ2n) is 5.95. The van der Waals surface area contributed by atoms with Crippen LogP contribution in [0.5, 0.6) is 0 Å². The molecular weight excluding hydrogens is 296 g/mol. The summed E-state index contributed by atoms with van der Waals surface area (Å²) in [6, 6.07) is 2.47. The third kappa shape index (κ3) is 3.21. The van der Waals surface area contributed by atoms with Crippen LogP contribution in [-0.4, -0.2) is 40.4 Å². The first-order valence-corrected chi connectivity index (χ1v) is 8.67.